The topological polar surface area (TPSA) is 102 Å². The summed E-state index contributed by atoms with van der Waals surface area (Å²) in [6.07, 6.45) is 10.6. The number of rotatable bonds is 7. The Morgan fingerprint density at radius 3 is 2.78 bits per heavy atom. The number of nitrogens with two attached hydrogens (primary N) is 1. The molecule has 3 heterocycles. The van der Waals surface area contributed by atoms with Crippen LogP contribution < -0.4 is 11.1 Å². The van der Waals surface area contributed by atoms with Gasteiger partial charge in [-0.1, -0.05) is 31.4 Å². The molecule has 3 N–H and O–H groups in total. The molecular formula is C24H31N7O. The molecule has 0 atom stereocenters. The van der Waals surface area contributed by atoms with E-state index in [1.54, 1.807) is 0 Å². The van der Waals surface area contributed by atoms with Gasteiger partial charge in [0, 0.05) is 43.3 Å². The number of amides is 1. The smallest absolute Gasteiger partial charge is 0.222 e. The van der Waals surface area contributed by atoms with Crippen molar-refractivity contribution in [3.05, 3.63) is 30.6 Å². The zero-order valence-electron chi connectivity index (χ0n) is 18.5. The number of carbonyl (C=O) groups is 1. The van der Waals surface area contributed by atoms with Gasteiger partial charge in [0.1, 0.15) is 5.52 Å². The molecule has 1 aromatic carbocycles. The number of nitrogens with zero attached hydrogens (tertiary/aromatic N) is 5. The normalized spacial score (nSPS) is 17.4. The van der Waals surface area contributed by atoms with E-state index in [4.69, 9.17) is 20.7 Å². The average Bonchev–Trinajstić information content (AvgIpc) is 3.43. The fourth-order valence-electron chi connectivity index (χ4n) is 4.89. The number of nitrogen functional groups attached to an aromatic ring is 1. The quantitative estimate of drug-likeness (QED) is 0.431. The van der Waals surface area contributed by atoms with Crippen LogP contribution in [-0.4, -0.2) is 50.0 Å². The number of hydrogen-bond acceptors (Lipinski definition) is 6. The van der Waals surface area contributed by atoms with Gasteiger partial charge >= 0.3 is 0 Å². The summed E-state index contributed by atoms with van der Waals surface area (Å²) in [5.74, 6) is 1.67. The molecular weight excluding hydrogens is 402 g/mol. The van der Waals surface area contributed by atoms with Crippen LogP contribution in [-0.2, 0) is 4.79 Å². The molecule has 1 aliphatic heterocycles. The van der Waals surface area contributed by atoms with Crippen molar-refractivity contribution in [3.63, 3.8) is 0 Å². The molecule has 1 saturated carbocycles. The van der Waals surface area contributed by atoms with E-state index in [2.05, 4.69) is 9.88 Å². The maximum atomic E-state index is 11.9. The van der Waals surface area contributed by atoms with Gasteiger partial charge in [-0.2, -0.15) is 0 Å². The van der Waals surface area contributed by atoms with Gasteiger partial charge in [-0.3, -0.25) is 4.79 Å². The minimum atomic E-state index is 0.268. The van der Waals surface area contributed by atoms with Gasteiger partial charge in [0.15, 0.2) is 17.3 Å². The summed E-state index contributed by atoms with van der Waals surface area (Å²) in [4.78, 5) is 28.3. The molecule has 0 unspecified atom stereocenters. The highest BCUT2D eigenvalue weighted by atomic mass is 16.2. The third-order valence-electron chi connectivity index (χ3n) is 6.60. The van der Waals surface area contributed by atoms with Crippen LogP contribution in [0.3, 0.4) is 0 Å². The number of aromatic nitrogens is 4. The number of anilines is 2. The van der Waals surface area contributed by atoms with E-state index < -0.39 is 0 Å². The van der Waals surface area contributed by atoms with E-state index >= 15 is 0 Å². The van der Waals surface area contributed by atoms with E-state index in [-0.39, 0.29) is 5.91 Å². The molecule has 0 bridgehead atoms. The Morgan fingerprint density at radius 2 is 2.00 bits per heavy atom. The van der Waals surface area contributed by atoms with Crippen molar-refractivity contribution < 1.29 is 4.79 Å². The lowest BCUT2D eigenvalue weighted by atomic mass is 9.95. The molecule has 168 valence electrons. The summed E-state index contributed by atoms with van der Waals surface area (Å²) in [7, 11) is 0. The van der Waals surface area contributed by atoms with Gasteiger partial charge in [0.2, 0.25) is 5.91 Å². The predicted molar refractivity (Wildman–Crippen MR) is 126 cm³/mol. The SMILES string of the molecule is Nc1cccc(-c2nc(NCCCN3CCCC3=O)c3ncn(C4CCCCC4)c3n2)c1. The second-order valence-electron chi connectivity index (χ2n) is 8.90. The number of carbonyl (C=O) groups excluding carboxylic acids is 1. The van der Waals surface area contributed by atoms with Crippen molar-refractivity contribution in [2.45, 2.75) is 57.4 Å². The van der Waals surface area contributed by atoms with Crippen molar-refractivity contribution in [1.82, 2.24) is 24.4 Å². The summed E-state index contributed by atoms with van der Waals surface area (Å²) < 4.78 is 2.24. The monoisotopic (exact) mass is 433 g/mol. The number of imidazole rings is 1. The molecule has 0 spiro atoms. The van der Waals surface area contributed by atoms with Crippen LogP contribution in [0.1, 0.15) is 57.4 Å². The molecule has 8 nitrogen and oxygen atoms in total. The minimum Gasteiger partial charge on any atom is -0.399 e. The largest absolute Gasteiger partial charge is 0.399 e. The van der Waals surface area contributed by atoms with Crippen LogP contribution in [0, 0.1) is 0 Å². The van der Waals surface area contributed by atoms with Crippen molar-refractivity contribution >= 4 is 28.6 Å². The number of likely N-dealkylation sites (tertiary alicyclic amines) is 1. The van der Waals surface area contributed by atoms with Crippen LogP contribution in [0.2, 0.25) is 0 Å². The van der Waals surface area contributed by atoms with Crippen LogP contribution in [0.4, 0.5) is 11.5 Å². The first-order chi connectivity index (χ1) is 15.7. The molecule has 1 saturated heterocycles. The van der Waals surface area contributed by atoms with Gasteiger partial charge < -0.3 is 20.5 Å². The zero-order valence-corrected chi connectivity index (χ0v) is 18.5. The van der Waals surface area contributed by atoms with Gasteiger partial charge in [-0.05, 0) is 37.8 Å². The van der Waals surface area contributed by atoms with E-state index in [1.807, 2.05) is 35.5 Å². The predicted octanol–water partition coefficient (Wildman–Crippen LogP) is 4.01. The molecule has 3 aromatic rings. The van der Waals surface area contributed by atoms with Crippen LogP contribution in [0.15, 0.2) is 30.6 Å². The zero-order chi connectivity index (χ0) is 21.9. The summed E-state index contributed by atoms with van der Waals surface area (Å²) in [6, 6.07) is 8.13. The maximum absolute atomic E-state index is 11.9. The van der Waals surface area contributed by atoms with Crippen molar-refractivity contribution in [2.75, 3.05) is 30.7 Å². The minimum absolute atomic E-state index is 0.268. The van der Waals surface area contributed by atoms with Crippen molar-refractivity contribution in [2.24, 2.45) is 0 Å². The number of benzene rings is 1. The van der Waals surface area contributed by atoms with Crippen LogP contribution in [0.25, 0.3) is 22.6 Å². The van der Waals surface area contributed by atoms with Gasteiger partial charge in [0.25, 0.3) is 0 Å². The fraction of sp³-hybridized carbons (Fsp3) is 0.500. The molecule has 2 aliphatic rings. The third kappa shape index (κ3) is 4.26. The highest BCUT2D eigenvalue weighted by molar-refractivity contribution is 5.85. The third-order valence-corrected chi connectivity index (χ3v) is 6.60. The van der Waals surface area contributed by atoms with Crippen LogP contribution in [0.5, 0.6) is 0 Å². The lowest BCUT2D eigenvalue weighted by Gasteiger charge is -2.23. The van der Waals surface area contributed by atoms with Gasteiger partial charge in [-0.25, -0.2) is 15.0 Å². The Hall–Kier alpha value is -3.16. The first kappa shape index (κ1) is 20.7. The molecule has 0 radical (unpaired) electrons. The summed E-state index contributed by atoms with van der Waals surface area (Å²) in [5, 5.41) is 3.47. The molecule has 2 aromatic heterocycles. The van der Waals surface area contributed by atoms with Crippen molar-refractivity contribution in [1.29, 1.82) is 0 Å². The number of nitrogens with one attached hydrogen (secondary N) is 1. The molecule has 2 fully saturated rings. The molecule has 5 rings (SSSR count). The fourth-order valence-corrected chi connectivity index (χ4v) is 4.89. The Balaban J connectivity index is 1.43. The lowest BCUT2D eigenvalue weighted by Crippen LogP contribution is -2.27. The highest BCUT2D eigenvalue weighted by Gasteiger charge is 2.22. The van der Waals surface area contributed by atoms with Crippen molar-refractivity contribution in [3.8, 4) is 11.4 Å². The highest BCUT2D eigenvalue weighted by Crippen LogP contribution is 2.32. The standard InChI is InChI=1S/C24H31N7O/c25-18-8-4-7-17(15-18)22-28-23(26-12-6-14-30-13-5-11-20(30)32)21-24(29-22)31(16-27-21)19-9-2-1-3-10-19/h4,7-8,15-16,19H,1-3,5-6,9-14,25H2,(H,26,28,29). The second kappa shape index (κ2) is 9.14. The molecule has 1 amide bonds. The van der Waals surface area contributed by atoms with E-state index in [9.17, 15) is 4.79 Å². The second-order valence-corrected chi connectivity index (χ2v) is 8.90. The Morgan fingerprint density at radius 1 is 1.12 bits per heavy atom. The average molecular weight is 434 g/mol. The Bertz CT molecular complexity index is 1100. The molecule has 1 aliphatic carbocycles. The van der Waals surface area contributed by atoms with Crippen LogP contribution >= 0.6 is 0 Å². The summed E-state index contributed by atoms with van der Waals surface area (Å²) in [6.45, 7) is 2.38. The molecule has 32 heavy (non-hydrogen) atoms. The van der Waals surface area contributed by atoms with E-state index in [0.717, 1.165) is 67.9 Å². The first-order valence-electron chi connectivity index (χ1n) is 11.8. The number of hydrogen-bond donors (Lipinski definition) is 2. The first-order valence-corrected chi connectivity index (χ1v) is 11.8. The van der Waals surface area contributed by atoms with E-state index in [0.29, 0.717) is 24.0 Å². The molecule has 8 heteroatoms. The number of fused-ring (bicyclic) bond motifs is 1. The van der Waals surface area contributed by atoms with Gasteiger partial charge in [-0.15, -0.1) is 0 Å². The summed E-state index contributed by atoms with van der Waals surface area (Å²) >= 11 is 0. The maximum Gasteiger partial charge on any atom is 0.222 e. The lowest BCUT2D eigenvalue weighted by molar-refractivity contribution is -0.127. The van der Waals surface area contributed by atoms with Gasteiger partial charge in [0.05, 0.1) is 6.33 Å². The van der Waals surface area contributed by atoms with E-state index in [1.165, 1.54) is 19.3 Å². The summed E-state index contributed by atoms with van der Waals surface area (Å²) in [5.41, 5.74) is 9.29. The Kier molecular flexibility index (Phi) is 5.92. The Labute approximate surface area is 188 Å².